The number of rotatable bonds is 10. The van der Waals surface area contributed by atoms with Crippen molar-refractivity contribution in [2.75, 3.05) is 26.9 Å². The van der Waals surface area contributed by atoms with Gasteiger partial charge < -0.3 is 15.2 Å². The predicted molar refractivity (Wildman–Crippen MR) is 116 cm³/mol. The molecule has 0 aliphatic rings. The molecule has 0 atom stereocenters. The van der Waals surface area contributed by atoms with E-state index in [0.717, 1.165) is 46.0 Å². The number of pyridine rings is 1. The summed E-state index contributed by atoms with van der Waals surface area (Å²) in [5.74, 6) is -0.00717. The van der Waals surface area contributed by atoms with E-state index in [-0.39, 0.29) is 18.9 Å². The van der Waals surface area contributed by atoms with E-state index in [1.807, 2.05) is 36.4 Å². The summed E-state index contributed by atoms with van der Waals surface area (Å²) < 4.78 is 5.04. The van der Waals surface area contributed by atoms with E-state index in [1.54, 1.807) is 13.3 Å². The number of aliphatic hydroxyl groups excluding tert-OH is 1. The van der Waals surface area contributed by atoms with E-state index < -0.39 is 0 Å². The Hall–Kier alpha value is -2.76. The number of unbranched alkanes of at least 4 members (excludes halogenated alkanes) is 1. The second kappa shape index (κ2) is 10.7. The topological polar surface area (TPSA) is 71.5 Å². The molecule has 29 heavy (non-hydrogen) atoms. The van der Waals surface area contributed by atoms with Gasteiger partial charge in [0.1, 0.15) is 0 Å². The zero-order valence-corrected chi connectivity index (χ0v) is 16.9. The van der Waals surface area contributed by atoms with Gasteiger partial charge in [0, 0.05) is 38.5 Å². The normalized spacial score (nSPS) is 11.0. The van der Waals surface area contributed by atoms with Gasteiger partial charge in [0.2, 0.25) is 5.91 Å². The van der Waals surface area contributed by atoms with Crippen LogP contribution in [0.4, 0.5) is 0 Å². The highest BCUT2D eigenvalue weighted by molar-refractivity contribution is 5.98. The van der Waals surface area contributed by atoms with Crippen molar-refractivity contribution in [1.82, 2.24) is 10.3 Å². The van der Waals surface area contributed by atoms with E-state index in [9.17, 15) is 9.90 Å². The molecule has 152 valence electrons. The first kappa shape index (κ1) is 21.0. The molecule has 3 rings (SSSR count). The highest BCUT2D eigenvalue weighted by atomic mass is 16.5. The maximum Gasteiger partial charge on any atom is 0.224 e. The van der Waals surface area contributed by atoms with Crippen LogP contribution in [0.5, 0.6) is 0 Å². The molecule has 1 heterocycles. The number of nitrogens with one attached hydrogen (secondary N) is 1. The molecule has 0 saturated heterocycles. The Morgan fingerprint density at radius 2 is 1.90 bits per heavy atom. The molecule has 1 amide bonds. The lowest BCUT2D eigenvalue weighted by Gasteiger charge is -2.15. The standard InChI is InChI=1S/C24H28N2O3/c1-29-15-6-5-13-25-22(28)16-20-17-26-24-19(12-14-27)10-7-11-21(24)23(20)18-8-3-2-4-9-18/h2-4,7-11,17,27H,5-6,12-16H2,1H3,(H,25,28). The molecule has 2 aromatic carbocycles. The van der Waals surface area contributed by atoms with Gasteiger partial charge in [-0.2, -0.15) is 0 Å². The number of fused-ring (bicyclic) bond motifs is 1. The molecule has 0 aliphatic carbocycles. The number of carbonyl (C=O) groups excluding carboxylic acids is 1. The minimum Gasteiger partial charge on any atom is -0.396 e. The highest BCUT2D eigenvalue weighted by Gasteiger charge is 2.15. The number of hydrogen-bond donors (Lipinski definition) is 2. The number of methoxy groups -OCH3 is 1. The molecule has 2 N–H and O–H groups in total. The van der Waals surface area contributed by atoms with Crippen LogP contribution >= 0.6 is 0 Å². The summed E-state index contributed by atoms with van der Waals surface area (Å²) in [5.41, 5.74) is 4.88. The fourth-order valence-electron chi connectivity index (χ4n) is 3.56. The van der Waals surface area contributed by atoms with Gasteiger partial charge in [-0.05, 0) is 41.5 Å². The average Bonchev–Trinajstić information content (AvgIpc) is 2.74. The molecular formula is C24H28N2O3. The van der Waals surface area contributed by atoms with Crippen molar-refractivity contribution in [2.45, 2.75) is 25.7 Å². The summed E-state index contributed by atoms with van der Waals surface area (Å²) in [5, 5.41) is 13.4. The molecule has 0 spiro atoms. The summed E-state index contributed by atoms with van der Waals surface area (Å²) in [4.78, 5) is 17.2. The van der Waals surface area contributed by atoms with Crippen molar-refractivity contribution in [1.29, 1.82) is 0 Å². The van der Waals surface area contributed by atoms with Gasteiger partial charge in [-0.25, -0.2) is 0 Å². The van der Waals surface area contributed by atoms with Crippen molar-refractivity contribution in [3.8, 4) is 11.1 Å². The minimum atomic E-state index is -0.00717. The third kappa shape index (κ3) is 5.40. The summed E-state index contributed by atoms with van der Waals surface area (Å²) in [6, 6.07) is 16.1. The zero-order valence-electron chi connectivity index (χ0n) is 16.9. The van der Waals surface area contributed by atoms with Gasteiger partial charge in [0.05, 0.1) is 11.9 Å². The van der Waals surface area contributed by atoms with Crippen molar-refractivity contribution >= 4 is 16.8 Å². The van der Waals surface area contributed by atoms with Crippen LogP contribution in [0.25, 0.3) is 22.0 Å². The fraction of sp³-hybridized carbons (Fsp3) is 0.333. The number of hydrogen-bond acceptors (Lipinski definition) is 4. The van der Waals surface area contributed by atoms with Gasteiger partial charge in [-0.1, -0.05) is 48.5 Å². The van der Waals surface area contributed by atoms with Crippen LogP contribution in [-0.4, -0.2) is 42.9 Å². The molecule has 5 nitrogen and oxygen atoms in total. The second-order valence-corrected chi connectivity index (χ2v) is 7.04. The minimum absolute atomic E-state index is 0.00717. The highest BCUT2D eigenvalue weighted by Crippen LogP contribution is 2.32. The second-order valence-electron chi connectivity index (χ2n) is 7.04. The lowest BCUT2D eigenvalue weighted by atomic mass is 9.93. The summed E-state index contributed by atoms with van der Waals surface area (Å²) >= 11 is 0. The summed E-state index contributed by atoms with van der Waals surface area (Å²) in [6.07, 6.45) is 4.46. The average molecular weight is 392 g/mol. The molecular weight excluding hydrogens is 364 g/mol. The largest absolute Gasteiger partial charge is 0.396 e. The lowest BCUT2D eigenvalue weighted by Crippen LogP contribution is -2.26. The Labute approximate surface area is 171 Å². The van der Waals surface area contributed by atoms with Crippen LogP contribution in [0.1, 0.15) is 24.0 Å². The smallest absolute Gasteiger partial charge is 0.224 e. The molecule has 5 heteroatoms. The molecule has 3 aromatic rings. The van der Waals surface area contributed by atoms with Gasteiger partial charge in [-0.3, -0.25) is 9.78 Å². The van der Waals surface area contributed by atoms with E-state index in [2.05, 4.69) is 22.4 Å². The summed E-state index contributed by atoms with van der Waals surface area (Å²) in [7, 11) is 1.68. The van der Waals surface area contributed by atoms with E-state index in [0.29, 0.717) is 19.6 Å². The predicted octanol–water partition coefficient (Wildman–Crippen LogP) is 3.52. The quantitative estimate of drug-likeness (QED) is 0.518. The molecule has 0 saturated carbocycles. The number of aromatic nitrogens is 1. The number of amides is 1. The molecule has 0 fully saturated rings. The van der Waals surface area contributed by atoms with Crippen molar-refractivity contribution in [3.05, 3.63) is 65.9 Å². The first-order valence-corrected chi connectivity index (χ1v) is 10.1. The first-order chi connectivity index (χ1) is 14.2. The summed E-state index contributed by atoms with van der Waals surface area (Å²) in [6.45, 7) is 1.43. The monoisotopic (exact) mass is 392 g/mol. The van der Waals surface area contributed by atoms with Crippen LogP contribution in [0.3, 0.4) is 0 Å². The van der Waals surface area contributed by atoms with Crippen LogP contribution < -0.4 is 5.32 Å². The van der Waals surface area contributed by atoms with Crippen LogP contribution in [0.2, 0.25) is 0 Å². The Balaban J connectivity index is 1.91. The SMILES string of the molecule is COCCCCNC(=O)Cc1cnc2c(CCO)cccc2c1-c1ccccc1. The van der Waals surface area contributed by atoms with Gasteiger partial charge in [0.15, 0.2) is 0 Å². The van der Waals surface area contributed by atoms with E-state index in [1.165, 1.54) is 0 Å². The van der Waals surface area contributed by atoms with Crippen molar-refractivity contribution in [3.63, 3.8) is 0 Å². The van der Waals surface area contributed by atoms with Crippen molar-refractivity contribution in [2.24, 2.45) is 0 Å². The van der Waals surface area contributed by atoms with Gasteiger partial charge >= 0.3 is 0 Å². The fourth-order valence-corrected chi connectivity index (χ4v) is 3.56. The van der Waals surface area contributed by atoms with Gasteiger partial charge in [-0.15, -0.1) is 0 Å². The van der Waals surface area contributed by atoms with E-state index >= 15 is 0 Å². The van der Waals surface area contributed by atoms with Crippen molar-refractivity contribution < 1.29 is 14.6 Å². The Morgan fingerprint density at radius 3 is 2.66 bits per heavy atom. The number of benzene rings is 2. The number of ether oxygens (including phenoxy) is 1. The molecule has 0 bridgehead atoms. The maximum atomic E-state index is 12.5. The number of aliphatic hydroxyl groups is 1. The zero-order chi connectivity index (χ0) is 20.5. The molecule has 0 unspecified atom stereocenters. The van der Waals surface area contributed by atoms with E-state index in [4.69, 9.17) is 4.74 Å². The Morgan fingerprint density at radius 1 is 1.07 bits per heavy atom. The van der Waals surface area contributed by atoms with Gasteiger partial charge in [0.25, 0.3) is 0 Å². The molecule has 0 aliphatic heterocycles. The maximum absolute atomic E-state index is 12.5. The Bertz CT molecular complexity index is 942. The van der Waals surface area contributed by atoms with Crippen LogP contribution in [0.15, 0.2) is 54.7 Å². The molecule has 0 radical (unpaired) electrons. The third-order valence-corrected chi connectivity index (χ3v) is 4.95. The lowest BCUT2D eigenvalue weighted by molar-refractivity contribution is -0.120. The number of para-hydroxylation sites is 1. The van der Waals surface area contributed by atoms with Crippen LogP contribution in [-0.2, 0) is 22.4 Å². The third-order valence-electron chi connectivity index (χ3n) is 4.95. The number of nitrogens with zero attached hydrogens (tertiary/aromatic N) is 1. The first-order valence-electron chi connectivity index (χ1n) is 10.1. The Kier molecular flexibility index (Phi) is 7.73. The number of carbonyl (C=O) groups is 1. The van der Waals surface area contributed by atoms with Crippen LogP contribution in [0, 0.1) is 0 Å². The molecule has 1 aromatic heterocycles.